The smallest absolute Gasteiger partial charge is 0.258 e. The standard InChI is InChI=1S/C10H11F3N2O4S2/c1-2-20-9-4-3-7(5-8(9)15(16)17)21(18,19)14-6-10(11,12)13/h3-5,14H,2,6H2,1H3. The zero-order valence-electron chi connectivity index (χ0n) is 10.7. The molecule has 0 bridgehead atoms. The molecule has 1 aromatic rings. The van der Waals surface area contributed by atoms with Crippen LogP contribution in [0.1, 0.15) is 6.92 Å². The summed E-state index contributed by atoms with van der Waals surface area (Å²) in [7, 11) is -4.46. The monoisotopic (exact) mass is 344 g/mol. The van der Waals surface area contributed by atoms with E-state index in [9.17, 15) is 31.7 Å². The van der Waals surface area contributed by atoms with Gasteiger partial charge in [-0.3, -0.25) is 10.1 Å². The van der Waals surface area contributed by atoms with E-state index in [2.05, 4.69) is 0 Å². The summed E-state index contributed by atoms with van der Waals surface area (Å²) in [5.74, 6) is 0.527. The number of benzene rings is 1. The van der Waals surface area contributed by atoms with Gasteiger partial charge in [-0.1, -0.05) is 6.92 Å². The summed E-state index contributed by atoms with van der Waals surface area (Å²) in [4.78, 5) is 9.78. The molecule has 1 rings (SSSR count). The summed E-state index contributed by atoms with van der Waals surface area (Å²) in [6.07, 6.45) is -4.71. The summed E-state index contributed by atoms with van der Waals surface area (Å²) >= 11 is 1.13. The highest BCUT2D eigenvalue weighted by molar-refractivity contribution is 7.99. The molecule has 11 heteroatoms. The molecule has 0 saturated heterocycles. The van der Waals surface area contributed by atoms with Crippen LogP contribution in [0.3, 0.4) is 0 Å². The quantitative estimate of drug-likeness (QED) is 0.487. The van der Waals surface area contributed by atoms with Crippen LogP contribution in [-0.2, 0) is 10.0 Å². The predicted octanol–water partition coefficient (Wildman–Crippen LogP) is 2.55. The van der Waals surface area contributed by atoms with E-state index < -0.39 is 38.3 Å². The fraction of sp³-hybridized carbons (Fsp3) is 0.400. The van der Waals surface area contributed by atoms with Crippen molar-refractivity contribution in [1.82, 2.24) is 4.72 Å². The van der Waals surface area contributed by atoms with Gasteiger partial charge in [0.25, 0.3) is 5.69 Å². The van der Waals surface area contributed by atoms with Gasteiger partial charge >= 0.3 is 6.18 Å². The third-order valence-electron chi connectivity index (χ3n) is 2.20. The number of hydrogen-bond acceptors (Lipinski definition) is 5. The highest BCUT2D eigenvalue weighted by atomic mass is 32.2. The van der Waals surface area contributed by atoms with E-state index in [0.29, 0.717) is 5.75 Å². The zero-order chi connectivity index (χ0) is 16.3. The molecule has 118 valence electrons. The van der Waals surface area contributed by atoms with Crippen molar-refractivity contribution in [2.75, 3.05) is 12.3 Å². The van der Waals surface area contributed by atoms with E-state index in [1.165, 1.54) is 10.8 Å². The summed E-state index contributed by atoms with van der Waals surface area (Å²) < 4.78 is 60.8. The highest BCUT2D eigenvalue weighted by Crippen LogP contribution is 2.31. The first-order chi connectivity index (χ1) is 9.57. The lowest BCUT2D eigenvalue weighted by Crippen LogP contribution is -2.33. The van der Waals surface area contributed by atoms with Gasteiger partial charge in [0, 0.05) is 6.07 Å². The number of sulfonamides is 1. The molecule has 0 unspecified atom stereocenters. The van der Waals surface area contributed by atoms with Crippen molar-refractivity contribution in [1.29, 1.82) is 0 Å². The number of rotatable bonds is 6. The van der Waals surface area contributed by atoms with Crippen LogP contribution < -0.4 is 4.72 Å². The maximum absolute atomic E-state index is 12.0. The van der Waals surface area contributed by atoms with Crippen molar-refractivity contribution in [2.45, 2.75) is 22.9 Å². The first kappa shape index (κ1) is 17.7. The Balaban J connectivity index is 3.13. The van der Waals surface area contributed by atoms with Crippen molar-refractivity contribution < 1.29 is 26.5 Å². The van der Waals surface area contributed by atoms with Crippen LogP contribution in [0.15, 0.2) is 28.0 Å². The minimum Gasteiger partial charge on any atom is -0.258 e. The Labute approximate surface area is 122 Å². The minimum absolute atomic E-state index is 0.247. The molecule has 0 radical (unpaired) electrons. The Morgan fingerprint density at radius 3 is 2.48 bits per heavy atom. The van der Waals surface area contributed by atoms with Gasteiger partial charge in [0.1, 0.15) is 6.54 Å². The third kappa shape index (κ3) is 5.17. The topological polar surface area (TPSA) is 89.3 Å². The molecule has 1 N–H and O–H groups in total. The number of thioether (sulfide) groups is 1. The first-order valence-corrected chi connectivity index (χ1v) is 8.01. The maximum atomic E-state index is 12.0. The van der Waals surface area contributed by atoms with Crippen molar-refractivity contribution in [3.8, 4) is 0 Å². The Morgan fingerprint density at radius 2 is 2.00 bits per heavy atom. The van der Waals surface area contributed by atoms with Gasteiger partial charge in [0.15, 0.2) is 0 Å². The highest BCUT2D eigenvalue weighted by Gasteiger charge is 2.30. The fourth-order valence-electron chi connectivity index (χ4n) is 1.34. The molecule has 0 saturated carbocycles. The Bertz CT molecular complexity index is 632. The molecule has 0 aliphatic carbocycles. The number of nitrogens with one attached hydrogen (secondary N) is 1. The molecule has 1 aromatic carbocycles. The van der Waals surface area contributed by atoms with Crippen molar-refractivity contribution in [3.63, 3.8) is 0 Å². The Kier molecular flexibility index (Phi) is 5.59. The van der Waals surface area contributed by atoms with E-state index in [1.807, 2.05) is 0 Å². The average molecular weight is 344 g/mol. The van der Waals surface area contributed by atoms with Crippen LogP contribution in [0.2, 0.25) is 0 Å². The predicted molar refractivity (Wildman–Crippen MR) is 70.7 cm³/mol. The second-order valence-corrected chi connectivity index (χ2v) is 6.83. The molecule has 21 heavy (non-hydrogen) atoms. The van der Waals surface area contributed by atoms with Crippen LogP contribution in [0.4, 0.5) is 18.9 Å². The van der Waals surface area contributed by atoms with Crippen LogP contribution in [0.25, 0.3) is 0 Å². The van der Waals surface area contributed by atoms with E-state index in [4.69, 9.17) is 0 Å². The van der Waals surface area contributed by atoms with E-state index in [1.54, 1.807) is 6.92 Å². The van der Waals surface area contributed by atoms with E-state index >= 15 is 0 Å². The van der Waals surface area contributed by atoms with Crippen molar-refractivity contribution in [3.05, 3.63) is 28.3 Å². The normalized spacial score (nSPS) is 12.4. The number of nitro groups is 1. The van der Waals surface area contributed by atoms with Crippen LogP contribution in [0, 0.1) is 10.1 Å². The average Bonchev–Trinajstić information content (AvgIpc) is 2.36. The molecular formula is C10H11F3N2O4S2. The SMILES string of the molecule is CCSc1ccc(S(=O)(=O)NCC(F)(F)F)cc1[N+](=O)[O-]. The molecule has 0 aliphatic rings. The lowest BCUT2D eigenvalue weighted by molar-refractivity contribution is -0.388. The third-order valence-corrected chi connectivity index (χ3v) is 4.54. The Morgan fingerprint density at radius 1 is 1.38 bits per heavy atom. The molecule has 0 atom stereocenters. The summed E-state index contributed by atoms with van der Waals surface area (Å²) in [5, 5.41) is 10.9. The summed E-state index contributed by atoms with van der Waals surface area (Å²) in [5.41, 5.74) is -0.461. The van der Waals surface area contributed by atoms with Gasteiger partial charge < -0.3 is 0 Å². The molecule has 0 amide bonds. The van der Waals surface area contributed by atoms with Gasteiger partial charge in [-0.05, 0) is 17.9 Å². The van der Waals surface area contributed by atoms with Crippen molar-refractivity contribution >= 4 is 27.5 Å². The molecular weight excluding hydrogens is 333 g/mol. The lowest BCUT2D eigenvalue weighted by Gasteiger charge is -2.10. The molecule has 0 fully saturated rings. The molecule has 0 heterocycles. The van der Waals surface area contributed by atoms with E-state index in [0.717, 1.165) is 23.9 Å². The zero-order valence-corrected chi connectivity index (χ0v) is 12.3. The summed E-state index contributed by atoms with van der Waals surface area (Å²) in [6.45, 7) is 0.0124. The van der Waals surface area contributed by atoms with Crippen LogP contribution in [-0.4, -0.2) is 31.8 Å². The van der Waals surface area contributed by atoms with Crippen LogP contribution in [0.5, 0.6) is 0 Å². The van der Waals surface area contributed by atoms with Gasteiger partial charge in [-0.25, -0.2) is 13.1 Å². The van der Waals surface area contributed by atoms with Gasteiger partial charge in [-0.2, -0.15) is 13.2 Å². The largest absolute Gasteiger partial charge is 0.402 e. The number of halogens is 3. The summed E-state index contributed by atoms with van der Waals surface area (Å²) in [6, 6.07) is 2.98. The number of nitrogens with zero attached hydrogens (tertiary/aromatic N) is 1. The second kappa shape index (κ2) is 6.62. The molecule has 0 aromatic heterocycles. The van der Waals surface area contributed by atoms with Gasteiger partial charge in [-0.15, -0.1) is 11.8 Å². The van der Waals surface area contributed by atoms with Crippen LogP contribution >= 0.6 is 11.8 Å². The minimum atomic E-state index is -4.71. The van der Waals surface area contributed by atoms with Gasteiger partial charge in [0.2, 0.25) is 10.0 Å². The lowest BCUT2D eigenvalue weighted by atomic mass is 10.3. The number of alkyl halides is 3. The van der Waals surface area contributed by atoms with E-state index in [-0.39, 0.29) is 4.90 Å². The first-order valence-electron chi connectivity index (χ1n) is 5.54. The number of nitro benzene ring substituents is 1. The van der Waals surface area contributed by atoms with Gasteiger partial charge in [0.05, 0.1) is 14.7 Å². The molecule has 6 nitrogen and oxygen atoms in total. The maximum Gasteiger partial charge on any atom is 0.402 e. The Hall–Kier alpha value is -1.33. The fourth-order valence-corrected chi connectivity index (χ4v) is 3.14. The molecule has 0 aliphatic heterocycles. The molecule has 0 spiro atoms. The second-order valence-electron chi connectivity index (χ2n) is 3.76. The number of hydrogen-bond donors (Lipinski definition) is 1. The van der Waals surface area contributed by atoms with Crippen molar-refractivity contribution in [2.24, 2.45) is 0 Å².